The number of carbonyl (C=O) groups is 2. The first-order chi connectivity index (χ1) is 10.7. The largest absolute Gasteiger partial charge is 0.459 e. The van der Waals surface area contributed by atoms with E-state index in [0.29, 0.717) is 5.57 Å². The molecule has 2 rings (SSSR count). The second kappa shape index (κ2) is 6.46. The van der Waals surface area contributed by atoms with Crippen LogP contribution in [0.25, 0.3) is 0 Å². The molecular formula is C20H28O3. The highest BCUT2D eigenvalue weighted by molar-refractivity contribution is 6.06. The molecule has 126 valence electrons. The minimum absolute atomic E-state index is 0.0915. The van der Waals surface area contributed by atoms with Gasteiger partial charge in [0.05, 0.1) is 0 Å². The summed E-state index contributed by atoms with van der Waals surface area (Å²) in [6, 6.07) is 0. The van der Waals surface area contributed by atoms with Crippen molar-refractivity contribution in [2.24, 2.45) is 11.3 Å². The van der Waals surface area contributed by atoms with Crippen molar-refractivity contribution in [2.75, 3.05) is 0 Å². The summed E-state index contributed by atoms with van der Waals surface area (Å²) in [5.41, 5.74) is 3.76. The van der Waals surface area contributed by atoms with Gasteiger partial charge in [0.15, 0.2) is 5.78 Å². The molecule has 3 heteroatoms. The molecule has 0 aromatic heterocycles. The van der Waals surface area contributed by atoms with Gasteiger partial charge in [0.2, 0.25) is 0 Å². The third kappa shape index (κ3) is 3.19. The first-order valence-corrected chi connectivity index (χ1v) is 8.46. The molecule has 0 bridgehead atoms. The van der Waals surface area contributed by atoms with E-state index in [0.717, 1.165) is 30.4 Å². The Balaban J connectivity index is 2.29. The van der Waals surface area contributed by atoms with Gasteiger partial charge in [-0.2, -0.15) is 0 Å². The Morgan fingerprint density at radius 1 is 1.35 bits per heavy atom. The van der Waals surface area contributed by atoms with E-state index in [4.69, 9.17) is 4.74 Å². The predicted molar refractivity (Wildman–Crippen MR) is 91.9 cm³/mol. The van der Waals surface area contributed by atoms with Crippen LogP contribution in [0.3, 0.4) is 0 Å². The standard InChI is InChI=1S/C20H28O3/c1-7-13(4)19(22)23-18-9-8-15-10-17(21)16(12(2)3)11-20(15,6)14(18)5/h7,10,14,18H,8-9,11H2,1-6H3/b13-7-/t14-,18+,20+/m0/s1. The van der Waals surface area contributed by atoms with Crippen molar-refractivity contribution in [3.8, 4) is 0 Å². The Bertz CT molecular complexity index is 617. The molecule has 0 aromatic carbocycles. The van der Waals surface area contributed by atoms with Crippen LogP contribution in [-0.2, 0) is 14.3 Å². The van der Waals surface area contributed by atoms with Crippen molar-refractivity contribution in [1.82, 2.24) is 0 Å². The number of allylic oxidation sites excluding steroid dienone is 5. The summed E-state index contributed by atoms with van der Waals surface area (Å²) in [7, 11) is 0. The number of esters is 1. The Kier molecular flexibility index (Phi) is 4.98. The van der Waals surface area contributed by atoms with Crippen molar-refractivity contribution in [3.05, 3.63) is 34.4 Å². The molecule has 3 nitrogen and oxygen atoms in total. The molecular weight excluding hydrogens is 288 g/mol. The Labute approximate surface area is 139 Å². The number of hydrogen-bond acceptors (Lipinski definition) is 3. The lowest BCUT2D eigenvalue weighted by Crippen LogP contribution is -2.45. The molecule has 23 heavy (non-hydrogen) atoms. The molecule has 0 aromatic rings. The van der Waals surface area contributed by atoms with E-state index in [1.165, 1.54) is 5.57 Å². The quantitative estimate of drug-likeness (QED) is 0.555. The van der Waals surface area contributed by atoms with Gasteiger partial charge in [0.1, 0.15) is 6.10 Å². The smallest absolute Gasteiger partial charge is 0.333 e. The van der Waals surface area contributed by atoms with Crippen LogP contribution in [0.2, 0.25) is 0 Å². The molecule has 0 heterocycles. The van der Waals surface area contributed by atoms with E-state index in [9.17, 15) is 9.59 Å². The van der Waals surface area contributed by atoms with Gasteiger partial charge in [0, 0.05) is 11.5 Å². The highest BCUT2D eigenvalue weighted by Crippen LogP contribution is 2.52. The van der Waals surface area contributed by atoms with Crippen LogP contribution >= 0.6 is 0 Å². The molecule has 0 unspecified atom stereocenters. The summed E-state index contributed by atoms with van der Waals surface area (Å²) in [6.07, 6.45) is 5.89. The highest BCUT2D eigenvalue weighted by atomic mass is 16.5. The zero-order chi connectivity index (χ0) is 17.4. The maximum atomic E-state index is 12.3. The molecule has 0 saturated heterocycles. The number of hydrogen-bond donors (Lipinski definition) is 0. The van der Waals surface area contributed by atoms with Gasteiger partial charge in [-0.1, -0.05) is 31.1 Å². The van der Waals surface area contributed by atoms with Crippen LogP contribution in [0.5, 0.6) is 0 Å². The second-order valence-electron chi connectivity index (χ2n) is 7.35. The van der Waals surface area contributed by atoms with Crippen LogP contribution < -0.4 is 0 Å². The molecule has 1 fully saturated rings. The molecule has 1 saturated carbocycles. The van der Waals surface area contributed by atoms with Crippen molar-refractivity contribution < 1.29 is 14.3 Å². The average molecular weight is 316 g/mol. The zero-order valence-corrected chi connectivity index (χ0v) is 15.2. The molecule has 0 spiro atoms. The molecule has 0 amide bonds. The molecule has 3 atom stereocenters. The fourth-order valence-corrected chi connectivity index (χ4v) is 3.68. The van der Waals surface area contributed by atoms with Crippen LogP contribution in [0.1, 0.15) is 60.8 Å². The van der Waals surface area contributed by atoms with E-state index in [1.54, 1.807) is 13.0 Å². The highest BCUT2D eigenvalue weighted by Gasteiger charge is 2.47. The fourth-order valence-electron chi connectivity index (χ4n) is 3.68. The third-order valence-corrected chi connectivity index (χ3v) is 5.76. The van der Waals surface area contributed by atoms with E-state index in [1.807, 2.05) is 26.8 Å². The maximum Gasteiger partial charge on any atom is 0.333 e. The first-order valence-electron chi connectivity index (χ1n) is 8.46. The lowest BCUT2D eigenvalue weighted by atomic mass is 9.58. The summed E-state index contributed by atoms with van der Waals surface area (Å²) < 4.78 is 5.76. The average Bonchev–Trinajstić information content (AvgIpc) is 2.50. The van der Waals surface area contributed by atoms with E-state index >= 15 is 0 Å². The van der Waals surface area contributed by atoms with Crippen molar-refractivity contribution in [2.45, 2.75) is 66.9 Å². The molecule has 0 radical (unpaired) electrons. The van der Waals surface area contributed by atoms with Crippen molar-refractivity contribution >= 4 is 11.8 Å². The Morgan fingerprint density at radius 3 is 2.57 bits per heavy atom. The molecule has 0 aliphatic heterocycles. The van der Waals surface area contributed by atoms with E-state index in [-0.39, 0.29) is 29.2 Å². The van der Waals surface area contributed by atoms with Gasteiger partial charge in [-0.05, 0) is 64.0 Å². The number of rotatable bonds is 2. The Morgan fingerprint density at radius 2 is 2.00 bits per heavy atom. The van der Waals surface area contributed by atoms with Crippen molar-refractivity contribution in [1.29, 1.82) is 0 Å². The monoisotopic (exact) mass is 316 g/mol. The zero-order valence-electron chi connectivity index (χ0n) is 15.2. The fraction of sp³-hybridized carbons (Fsp3) is 0.600. The van der Waals surface area contributed by atoms with E-state index < -0.39 is 0 Å². The number of ether oxygens (including phenoxy) is 1. The van der Waals surface area contributed by atoms with Crippen LogP contribution in [0.15, 0.2) is 34.4 Å². The van der Waals surface area contributed by atoms with Crippen molar-refractivity contribution in [3.63, 3.8) is 0 Å². The predicted octanol–water partition coefficient (Wildman–Crippen LogP) is 4.54. The summed E-state index contributed by atoms with van der Waals surface area (Å²) in [5, 5.41) is 0. The minimum atomic E-state index is -0.227. The van der Waals surface area contributed by atoms with Crippen LogP contribution in [0.4, 0.5) is 0 Å². The Hall–Kier alpha value is -1.64. The number of ketones is 1. The number of fused-ring (bicyclic) bond motifs is 1. The maximum absolute atomic E-state index is 12.3. The van der Waals surface area contributed by atoms with Crippen LogP contribution in [-0.4, -0.2) is 17.9 Å². The summed E-state index contributed by atoms with van der Waals surface area (Å²) in [4.78, 5) is 24.4. The van der Waals surface area contributed by atoms with Crippen LogP contribution in [0, 0.1) is 11.3 Å². The SMILES string of the molecule is C/C=C(/C)C(=O)O[C@@H]1CCC2=CC(=O)C(=C(C)C)C[C@]2(C)[C@H]1C. The second-order valence-corrected chi connectivity index (χ2v) is 7.35. The first kappa shape index (κ1) is 17.7. The summed E-state index contributed by atoms with van der Waals surface area (Å²) >= 11 is 0. The summed E-state index contributed by atoms with van der Waals surface area (Å²) in [6.45, 7) is 12.0. The van der Waals surface area contributed by atoms with Gasteiger partial charge in [-0.15, -0.1) is 0 Å². The molecule has 0 N–H and O–H groups in total. The van der Waals surface area contributed by atoms with Gasteiger partial charge >= 0.3 is 5.97 Å². The summed E-state index contributed by atoms with van der Waals surface area (Å²) in [5.74, 6) is 0.123. The topological polar surface area (TPSA) is 43.4 Å². The van der Waals surface area contributed by atoms with Gasteiger partial charge in [-0.3, -0.25) is 4.79 Å². The van der Waals surface area contributed by atoms with Gasteiger partial charge in [0.25, 0.3) is 0 Å². The number of carbonyl (C=O) groups excluding carboxylic acids is 2. The van der Waals surface area contributed by atoms with Gasteiger partial charge < -0.3 is 4.74 Å². The van der Waals surface area contributed by atoms with Gasteiger partial charge in [-0.25, -0.2) is 4.79 Å². The third-order valence-electron chi connectivity index (χ3n) is 5.76. The molecule has 2 aliphatic carbocycles. The lowest BCUT2D eigenvalue weighted by Gasteiger charge is -2.48. The molecule has 2 aliphatic rings. The minimum Gasteiger partial charge on any atom is -0.459 e. The lowest BCUT2D eigenvalue weighted by molar-refractivity contribution is -0.151. The van der Waals surface area contributed by atoms with E-state index in [2.05, 4.69) is 13.8 Å². The normalized spacial score (nSPS) is 31.4.